The van der Waals surface area contributed by atoms with Crippen LogP contribution >= 0.6 is 0 Å². The van der Waals surface area contributed by atoms with E-state index < -0.39 is 10.4 Å². The molecule has 0 aromatic heterocycles. The molecule has 0 radical (unpaired) electrons. The van der Waals surface area contributed by atoms with Crippen molar-refractivity contribution in [1.29, 1.82) is 0 Å². The molecule has 0 atom stereocenters. The van der Waals surface area contributed by atoms with Gasteiger partial charge >= 0.3 is 0 Å². The van der Waals surface area contributed by atoms with Gasteiger partial charge in [0.1, 0.15) is 0 Å². The quantitative estimate of drug-likeness (QED) is 0.360. The van der Waals surface area contributed by atoms with Crippen LogP contribution in [0.1, 0.15) is 5.56 Å². The summed E-state index contributed by atoms with van der Waals surface area (Å²) in [5.41, 5.74) is 5.05. The molecule has 0 saturated heterocycles. The third kappa shape index (κ3) is 19.6. The summed E-state index contributed by atoms with van der Waals surface area (Å²) in [5, 5.41) is 0. The lowest BCUT2D eigenvalue weighted by Gasteiger charge is -1.88. The molecular weight excluding hydrogens is 244 g/mol. The minimum Gasteiger partial charge on any atom is -1.00 e. The minimum atomic E-state index is -4.92. The molecule has 15 heavy (non-hydrogen) atoms. The molecule has 1 aromatic rings. The Morgan fingerprint density at radius 1 is 1.27 bits per heavy atom. The van der Waals surface area contributed by atoms with Crippen molar-refractivity contribution in [1.82, 2.24) is 6.15 Å². The van der Waals surface area contributed by atoms with E-state index in [1.807, 2.05) is 18.2 Å². The van der Waals surface area contributed by atoms with Crippen LogP contribution in [0, 0.1) is 0 Å². The molecular formula is C7H15ClN2O4S. The molecule has 0 spiro atoms. The van der Waals surface area contributed by atoms with Crippen molar-refractivity contribution in [3.8, 4) is 0 Å². The van der Waals surface area contributed by atoms with Gasteiger partial charge in [-0.3, -0.25) is 4.55 Å². The van der Waals surface area contributed by atoms with E-state index in [-0.39, 0.29) is 18.6 Å². The second-order valence-corrected chi connectivity index (χ2v) is 3.02. The van der Waals surface area contributed by atoms with E-state index >= 15 is 0 Å². The van der Waals surface area contributed by atoms with Crippen LogP contribution < -0.4 is 24.3 Å². The fraction of sp³-hybridized carbons (Fsp3) is 0.143. The van der Waals surface area contributed by atoms with Gasteiger partial charge in [-0.1, -0.05) is 30.3 Å². The normalized spacial score (nSPS) is 8.73. The largest absolute Gasteiger partial charge is 1.00 e. The lowest BCUT2D eigenvalue weighted by atomic mass is 10.2. The second kappa shape index (κ2) is 9.84. The van der Waals surface area contributed by atoms with Gasteiger partial charge in [0, 0.05) is 5.56 Å². The zero-order chi connectivity index (χ0) is 10.3. The Morgan fingerprint density at radius 3 is 1.80 bits per heavy atom. The number of quaternary nitrogens is 2. The molecule has 0 fully saturated rings. The maximum Gasteiger partial charge on any atom is 0.215 e. The predicted octanol–water partition coefficient (Wildman–Crippen LogP) is -3.19. The van der Waals surface area contributed by atoms with Crippen LogP contribution in [0.5, 0.6) is 0 Å². The Bertz CT molecular complexity index is 322. The van der Waals surface area contributed by atoms with E-state index in [4.69, 9.17) is 17.5 Å². The second-order valence-electron chi connectivity index (χ2n) is 2.16. The van der Waals surface area contributed by atoms with E-state index in [1.54, 1.807) is 0 Å². The first kappa shape index (κ1) is 19.8. The fourth-order valence-corrected chi connectivity index (χ4v) is 0.645. The van der Waals surface area contributed by atoms with Gasteiger partial charge in [-0.05, 0) is 0 Å². The van der Waals surface area contributed by atoms with Gasteiger partial charge in [0.25, 0.3) is 0 Å². The molecule has 1 rings (SSSR count). The molecule has 0 aliphatic rings. The van der Waals surface area contributed by atoms with Gasteiger partial charge in [0.05, 0.1) is 6.54 Å². The monoisotopic (exact) mass is 258 g/mol. The Labute approximate surface area is 95.1 Å². The summed E-state index contributed by atoms with van der Waals surface area (Å²) in [6.45, 7) is 0.890. The highest BCUT2D eigenvalue weighted by Crippen LogP contribution is 1.93. The van der Waals surface area contributed by atoms with Crippen molar-refractivity contribution in [3.63, 3.8) is 0 Å². The van der Waals surface area contributed by atoms with Gasteiger partial charge in [0.2, 0.25) is 10.4 Å². The maximum atomic E-state index is 8.63. The molecule has 0 bridgehead atoms. The van der Waals surface area contributed by atoms with Crippen LogP contribution in [0.2, 0.25) is 0 Å². The van der Waals surface area contributed by atoms with Crippen LogP contribution in [-0.4, -0.2) is 17.5 Å². The topological polar surface area (TPSA) is 142 Å². The average molecular weight is 259 g/mol. The molecule has 0 aliphatic heterocycles. The maximum absolute atomic E-state index is 8.63. The third-order valence-electron chi connectivity index (χ3n) is 1.13. The fourth-order valence-electron chi connectivity index (χ4n) is 0.645. The average Bonchev–Trinajstić information content (AvgIpc) is 2.03. The van der Waals surface area contributed by atoms with Gasteiger partial charge in [-0.15, -0.1) is 0 Å². The zero-order valence-corrected chi connectivity index (χ0v) is 9.83. The first-order valence-electron chi connectivity index (χ1n) is 3.45. The lowest BCUT2D eigenvalue weighted by molar-refractivity contribution is -0.386. The van der Waals surface area contributed by atoms with E-state index in [0.717, 1.165) is 6.54 Å². The lowest BCUT2D eigenvalue weighted by Crippen LogP contribution is -3.00. The first-order chi connectivity index (χ1) is 5.93. The number of benzene rings is 1. The number of halogens is 1. The molecule has 8 N–H and O–H groups in total. The molecule has 8 heteroatoms. The highest BCUT2D eigenvalue weighted by molar-refractivity contribution is 7.79. The van der Waals surface area contributed by atoms with E-state index in [0.29, 0.717) is 0 Å². The standard InChI is InChI=1S/C7H9N.ClH.H3N.H2O4S/c8-6-7-4-2-1-3-5-7;;;1-5(2,3)4/h1-5H,6,8H2;1H;1H3;(H2,1,2,3,4). The predicted molar refractivity (Wildman–Crippen MR) is 51.3 cm³/mol. The highest BCUT2D eigenvalue weighted by atomic mass is 35.5. The number of hydrogen-bond acceptors (Lipinski definition) is 3. The van der Waals surface area contributed by atoms with Crippen molar-refractivity contribution in [2.24, 2.45) is 0 Å². The molecule has 0 aliphatic carbocycles. The first-order valence-corrected chi connectivity index (χ1v) is 4.81. The van der Waals surface area contributed by atoms with Crippen LogP contribution in [0.4, 0.5) is 0 Å². The summed E-state index contributed by atoms with van der Waals surface area (Å²) in [6.07, 6.45) is 0. The highest BCUT2D eigenvalue weighted by Gasteiger charge is 1.82. The van der Waals surface area contributed by atoms with Crippen molar-refractivity contribution in [2.75, 3.05) is 0 Å². The smallest absolute Gasteiger partial charge is 0.215 e. The Hall–Kier alpha value is -0.700. The van der Waals surface area contributed by atoms with Crippen LogP contribution in [-0.2, 0) is 16.9 Å². The van der Waals surface area contributed by atoms with E-state index in [2.05, 4.69) is 17.9 Å². The summed E-state index contributed by atoms with van der Waals surface area (Å²) < 4.78 is 32.8. The van der Waals surface area contributed by atoms with Crippen LogP contribution in [0.25, 0.3) is 0 Å². The van der Waals surface area contributed by atoms with E-state index in [1.165, 1.54) is 5.56 Å². The zero-order valence-electron chi connectivity index (χ0n) is 8.26. The number of rotatable bonds is 1. The van der Waals surface area contributed by atoms with Gasteiger partial charge in [-0.25, -0.2) is 8.42 Å². The summed E-state index contributed by atoms with van der Waals surface area (Å²) in [4.78, 5) is 0. The molecule has 1 aromatic carbocycles. The molecule has 0 saturated carbocycles. The summed E-state index contributed by atoms with van der Waals surface area (Å²) in [6, 6.07) is 10.2. The molecule has 90 valence electrons. The molecule has 0 unspecified atom stereocenters. The van der Waals surface area contributed by atoms with Crippen molar-refractivity contribution in [2.45, 2.75) is 6.54 Å². The van der Waals surface area contributed by atoms with Crippen LogP contribution in [0.3, 0.4) is 0 Å². The summed E-state index contributed by atoms with van der Waals surface area (Å²) >= 11 is 0. The Morgan fingerprint density at radius 2 is 1.60 bits per heavy atom. The molecule has 0 amide bonds. The van der Waals surface area contributed by atoms with Crippen molar-refractivity contribution in [3.05, 3.63) is 35.9 Å². The van der Waals surface area contributed by atoms with Crippen molar-refractivity contribution < 1.29 is 35.7 Å². The molecule has 6 nitrogen and oxygen atoms in total. The van der Waals surface area contributed by atoms with Crippen LogP contribution in [0.15, 0.2) is 30.3 Å². The van der Waals surface area contributed by atoms with E-state index in [9.17, 15) is 0 Å². The summed E-state index contributed by atoms with van der Waals surface area (Å²) in [5.74, 6) is 0. The Balaban J connectivity index is -0.000000185. The summed E-state index contributed by atoms with van der Waals surface area (Å²) in [7, 11) is -4.92. The van der Waals surface area contributed by atoms with Gasteiger partial charge < -0.3 is 28.8 Å². The van der Waals surface area contributed by atoms with Gasteiger partial charge in [-0.2, -0.15) is 0 Å². The van der Waals surface area contributed by atoms with Gasteiger partial charge in [0.15, 0.2) is 0 Å². The molecule has 0 heterocycles. The SMILES string of the molecule is O=S(=O)([O-])O.[Cl-].[NH3+]Cc1ccccc1.[NH4+]. The minimum absolute atomic E-state index is 0. The number of hydrogen-bond donors (Lipinski definition) is 3. The third-order valence-corrected chi connectivity index (χ3v) is 1.13. The van der Waals surface area contributed by atoms with Crippen molar-refractivity contribution >= 4 is 10.4 Å². The Kier molecular flexibility index (Phi) is 13.0.